The lowest BCUT2D eigenvalue weighted by molar-refractivity contribution is -0.140. The van der Waals surface area contributed by atoms with Crippen LogP contribution in [-0.2, 0) is 65.5 Å². The minimum absolute atomic E-state index is 0.0182. The van der Waals surface area contributed by atoms with Crippen molar-refractivity contribution in [1.29, 1.82) is 0 Å². The quantitative estimate of drug-likeness (QED) is 0.0713. The number of hydrogen-bond acceptors (Lipinski definition) is 13. The third-order valence-corrected chi connectivity index (χ3v) is 5.55. The Kier molecular flexibility index (Phi) is 22.8. The van der Waals surface area contributed by atoms with Gasteiger partial charge in [-0.1, -0.05) is 5.21 Å². The van der Waals surface area contributed by atoms with E-state index in [0.29, 0.717) is 84.9 Å². The number of nitrogens with one attached hydrogen (secondary N) is 1. The second-order valence-corrected chi connectivity index (χ2v) is 9.29. The predicted molar refractivity (Wildman–Crippen MR) is 155 cm³/mol. The zero-order valence-electron chi connectivity index (χ0n) is 25.8. The molecule has 0 saturated carbocycles. The highest BCUT2D eigenvalue weighted by Crippen LogP contribution is 2.06. The van der Waals surface area contributed by atoms with E-state index in [-0.39, 0.29) is 19.6 Å². The summed E-state index contributed by atoms with van der Waals surface area (Å²) < 4.78 is 39.0. The van der Waals surface area contributed by atoms with Crippen molar-refractivity contribution in [2.75, 3.05) is 86.4 Å². The van der Waals surface area contributed by atoms with E-state index in [0.717, 1.165) is 6.21 Å². The van der Waals surface area contributed by atoms with E-state index in [1.807, 2.05) is 0 Å². The van der Waals surface area contributed by atoms with Crippen LogP contribution in [0.1, 0.15) is 25.5 Å². The van der Waals surface area contributed by atoms with Crippen LogP contribution in [0.4, 0.5) is 0 Å². The Morgan fingerprint density at radius 3 is 1.96 bits per heavy atom. The molecule has 0 radical (unpaired) electrons. The highest BCUT2D eigenvalue weighted by atomic mass is 16.6. The fraction of sp³-hybridized carbons (Fsp3) is 0.741. The monoisotopic (exact) mass is 647 g/mol. The van der Waals surface area contributed by atoms with Crippen molar-refractivity contribution in [3.63, 3.8) is 0 Å². The minimum Gasteiger partial charge on any atom is -0.481 e. The Morgan fingerprint density at radius 2 is 1.44 bits per heavy atom. The second kappa shape index (κ2) is 25.9. The first-order valence-electron chi connectivity index (χ1n) is 14.4. The van der Waals surface area contributed by atoms with E-state index < -0.39 is 42.1 Å². The topological polar surface area (TPSA) is 228 Å². The fourth-order valence-electron chi connectivity index (χ4n) is 3.29. The first-order chi connectivity index (χ1) is 21.7. The van der Waals surface area contributed by atoms with Crippen LogP contribution < -0.4 is 5.32 Å². The van der Waals surface area contributed by atoms with Gasteiger partial charge in [-0.2, -0.15) is 0 Å². The van der Waals surface area contributed by atoms with Gasteiger partial charge >= 0.3 is 11.9 Å². The molecule has 1 aromatic heterocycles. The summed E-state index contributed by atoms with van der Waals surface area (Å²) in [6, 6.07) is -1.18. The summed E-state index contributed by atoms with van der Waals surface area (Å²) in [6.45, 7) is 6.49. The molecule has 0 spiro atoms. The molecule has 1 aromatic rings. The molecule has 0 aromatic carbocycles. The molecule has 1 rings (SSSR count). The van der Waals surface area contributed by atoms with E-state index in [1.54, 1.807) is 18.0 Å². The molecule has 0 aliphatic carbocycles. The third-order valence-electron chi connectivity index (χ3n) is 5.55. The molecular formula is C27H45N5O13. The Hall–Kier alpha value is -3.39. The van der Waals surface area contributed by atoms with Gasteiger partial charge < -0.3 is 48.7 Å². The molecule has 0 aliphatic heterocycles. The molecular weight excluding hydrogens is 602 g/mol. The van der Waals surface area contributed by atoms with Crippen LogP contribution in [0.3, 0.4) is 0 Å². The highest BCUT2D eigenvalue weighted by molar-refractivity contribution is 5.97. The Morgan fingerprint density at radius 1 is 0.889 bits per heavy atom. The number of rotatable bonds is 29. The van der Waals surface area contributed by atoms with Gasteiger partial charge in [0.15, 0.2) is 0 Å². The van der Waals surface area contributed by atoms with Crippen molar-refractivity contribution in [3.05, 3.63) is 11.9 Å². The highest BCUT2D eigenvalue weighted by Gasteiger charge is 2.22. The van der Waals surface area contributed by atoms with Crippen LogP contribution in [0.2, 0.25) is 0 Å². The standard InChI is InChI=1S/C27H45N5O13/c1-21(33)29-24(26(36)28-17-22(27(37)38)3-4-25(34)35)20-45-19-23-18-32(31-30-23)5-6-40-9-10-42-13-14-44-16-15-43-12-11-41-8-7-39-2/h17-18,22,24H,3-16,19-20H2,1-2H3,(H,29,33)(H,34,35)(H,37,38)/t22?,24-/m0/s1. The summed E-state index contributed by atoms with van der Waals surface area (Å²) in [5.74, 6) is -5.12. The molecule has 2 amide bonds. The normalized spacial score (nSPS) is 12.8. The van der Waals surface area contributed by atoms with E-state index in [9.17, 15) is 24.3 Å². The molecule has 2 atom stereocenters. The number of aliphatic imine (C=N–C) groups is 1. The van der Waals surface area contributed by atoms with Gasteiger partial charge in [0.2, 0.25) is 5.91 Å². The Bertz CT molecular complexity index is 1010. The summed E-state index contributed by atoms with van der Waals surface area (Å²) >= 11 is 0. The molecule has 1 heterocycles. The largest absolute Gasteiger partial charge is 0.481 e. The number of ether oxygens (including phenoxy) is 7. The maximum Gasteiger partial charge on any atom is 0.311 e. The average molecular weight is 648 g/mol. The molecule has 18 heteroatoms. The van der Waals surface area contributed by atoms with Gasteiger partial charge in [-0.3, -0.25) is 19.2 Å². The van der Waals surface area contributed by atoms with Crippen molar-refractivity contribution in [2.45, 2.75) is 39.0 Å². The van der Waals surface area contributed by atoms with E-state index in [1.165, 1.54) is 6.92 Å². The second-order valence-electron chi connectivity index (χ2n) is 9.29. The number of nitrogens with zero attached hydrogens (tertiary/aromatic N) is 4. The van der Waals surface area contributed by atoms with Crippen molar-refractivity contribution >= 4 is 30.0 Å². The molecule has 18 nitrogen and oxygen atoms in total. The first kappa shape index (κ1) is 39.6. The van der Waals surface area contributed by atoms with Crippen molar-refractivity contribution in [1.82, 2.24) is 20.3 Å². The van der Waals surface area contributed by atoms with E-state index in [4.69, 9.17) is 38.3 Å². The number of methoxy groups -OCH3 is 1. The van der Waals surface area contributed by atoms with Gasteiger partial charge in [-0.05, 0) is 6.42 Å². The summed E-state index contributed by atoms with van der Waals surface area (Å²) in [4.78, 5) is 49.6. The molecule has 0 aliphatic rings. The fourth-order valence-corrected chi connectivity index (χ4v) is 3.29. The van der Waals surface area contributed by atoms with Gasteiger partial charge in [-0.15, -0.1) is 5.10 Å². The third kappa shape index (κ3) is 21.9. The number of aliphatic carboxylic acids is 2. The lowest BCUT2D eigenvalue weighted by Crippen LogP contribution is -2.42. The molecule has 256 valence electrons. The zero-order chi connectivity index (χ0) is 33.1. The van der Waals surface area contributed by atoms with Gasteiger partial charge in [0.1, 0.15) is 11.7 Å². The number of amides is 2. The molecule has 0 saturated heterocycles. The SMILES string of the molecule is COCCOCCOCCOCCOCCOCCn1cc(COC[C@H](NC(C)=O)C(=O)N=CC(CCC(=O)O)C(=O)O)nn1. The van der Waals surface area contributed by atoms with Crippen LogP contribution >= 0.6 is 0 Å². The van der Waals surface area contributed by atoms with Crippen LogP contribution in [0.15, 0.2) is 11.2 Å². The number of carboxylic acid groups (broad SMARTS) is 2. The summed E-state index contributed by atoms with van der Waals surface area (Å²) in [5.41, 5.74) is 0.469. The summed E-state index contributed by atoms with van der Waals surface area (Å²) in [5, 5.41) is 28.3. The lowest BCUT2D eigenvalue weighted by atomic mass is 10.1. The van der Waals surface area contributed by atoms with Gasteiger partial charge in [-0.25, -0.2) is 9.67 Å². The molecule has 0 bridgehead atoms. The summed E-state index contributed by atoms with van der Waals surface area (Å²) in [6.07, 6.45) is 1.86. The predicted octanol–water partition coefficient (Wildman–Crippen LogP) is -0.808. The van der Waals surface area contributed by atoms with Crippen LogP contribution in [0, 0.1) is 5.92 Å². The maximum atomic E-state index is 12.5. The maximum absolute atomic E-state index is 12.5. The lowest BCUT2D eigenvalue weighted by Gasteiger charge is -2.14. The number of hydrogen-bond donors (Lipinski definition) is 3. The van der Waals surface area contributed by atoms with E-state index >= 15 is 0 Å². The van der Waals surface area contributed by atoms with Crippen LogP contribution in [0.25, 0.3) is 0 Å². The number of carboxylic acids is 2. The van der Waals surface area contributed by atoms with Crippen LogP contribution in [-0.4, -0.2) is 148 Å². The van der Waals surface area contributed by atoms with Crippen molar-refractivity contribution in [2.24, 2.45) is 10.9 Å². The van der Waals surface area contributed by atoms with Crippen molar-refractivity contribution in [3.8, 4) is 0 Å². The van der Waals surface area contributed by atoms with Crippen LogP contribution in [0.5, 0.6) is 0 Å². The first-order valence-corrected chi connectivity index (χ1v) is 14.4. The number of aromatic nitrogens is 3. The minimum atomic E-state index is -1.32. The van der Waals surface area contributed by atoms with Gasteiger partial charge in [0.05, 0.1) is 105 Å². The molecule has 0 fully saturated rings. The smallest absolute Gasteiger partial charge is 0.311 e. The molecule has 1 unspecified atom stereocenters. The molecule has 3 N–H and O–H groups in total. The van der Waals surface area contributed by atoms with Gasteiger partial charge in [0, 0.05) is 26.7 Å². The Balaban J connectivity index is 2.19. The van der Waals surface area contributed by atoms with Gasteiger partial charge in [0.25, 0.3) is 5.91 Å². The number of carbonyl (C=O) groups excluding carboxylic acids is 2. The average Bonchev–Trinajstić information content (AvgIpc) is 3.45. The van der Waals surface area contributed by atoms with E-state index in [2.05, 4.69) is 20.6 Å². The zero-order valence-corrected chi connectivity index (χ0v) is 25.8. The summed E-state index contributed by atoms with van der Waals surface area (Å²) in [7, 11) is 1.62. The Labute approximate surface area is 261 Å². The molecule has 45 heavy (non-hydrogen) atoms. The number of carbonyl (C=O) groups is 4. The van der Waals surface area contributed by atoms with Crippen molar-refractivity contribution < 1.29 is 62.5 Å².